The van der Waals surface area contributed by atoms with E-state index in [0.29, 0.717) is 24.6 Å². The molecule has 5 heteroatoms. The number of carbonyl (C=O) groups is 1. The van der Waals surface area contributed by atoms with Gasteiger partial charge in [-0.25, -0.2) is 4.79 Å². The molecule has 10 heavy (non-hydrogen) atoms. The lowest BCUT2D eigenvalue weighted by Gasteiger charge is -2.26. The Morgan fingerprint density at radius 1 is 1.50 bits per heavy atom. The lowest BCUT2D eigenvalue weighted by molar-refractivity contribution is 0.212. The van der Waals surface area contributed by atoms with Gasteiger partial charge in [0.1, 0.15) is 11.5 Å². The summed E-state index contributed by atoms with van der Waals surface area (Å²) < 4.78 is 10.8. The van der Waals surface area contributed by atoms with Gasteiger partial charge in [0.2, 0.25) is 0 Å². The maximum atomic E-state index is 10.8. The van der Waals surface area contributed by atoms with Gasteiger partial charge < -0.3 is 15.2 Å². The first-order chi connectivity index (χ1) is 4.70. The van der Waals surface area contributed by atoms with Gasteiger partial charge in [0, 0.05) is 0 Å². The second-order valence-electron chi connectivity index (χ2n) is 2.17. The van der Waals surface area contributed by atoms with E-state index in [1.807, 2.05) is 0 Å². The molecule has 0 radical (unpaired) electrons. The molecule has 0 aliphatic carbocycles. The Morgan fingerprint density at radius 2 is 2.00 bits per heavy atom. The Labute approximate surface area is 62.5 Å². The van der Waals surface area contributed by atoms with Crippen LogP contribution in [0.15, 0.2) is 0 Å². The molecule has 4 nitrogen and oxygen atoms in total. The number of carbonyl (C=O) groups excluding carboxylic acids is 1. The number of nitrogens with zero attached hydrogens (tertiary/aromatic N) is 1. The first-order valence-corrected chi connectivity index (χ1v) is 4.58. The van der Waals surface area contributed by atoms with Crippen molar-refractivity contribution in [2.45, 2.75) is 0 Å². The zero-order valence-corrected chi connectivity index (χ0v) is 6.39. The third-order valence-electron chi connectivity index (χ3n) is 1.49. The van der Waals surface area contributed by atoms with Crippen LogP contribution < -0.4 is 5.73 Å². The summed E-state index contributed by atoms with van der Waals surface area (Å²) in [5.41, 5.74) is 5.00. The first kappa shape index (κ1) is 7.68. The average molecular weight is 162 g/mol. The van der Waals surface area contributed by atoms with Crippen LogP contribution in [0.5, 0.6) is 0 Å². The Morgan fingerprint density at radius 3 is 2.40 bits per heavy atom. The summed E-state index contributed by atoms with van der Waals surface area (Å²) in [5.74, 6) is 1.14. The maximum Gasteiger partial charge on any atom is 0.315 e. The van der Waals surface area contributed by atoms with Gasteiger partial charge in [0.25, 0.3) is 0 Å². The Kier molecular flexibility index (Phi) is 2.39. The molecule has 0 bridgehead atoms. The fraction of sp³-hybridized carbons (Fsp3) is 0.800. The number of primary amides is 1. The summed E-state index contributed by atoms with van der Waals surface area (Å²) in [6, 6.07) is -0.406. The predicted octanol–water partition coefficient (Wildman–Crippen LogP) is -0.871. The summed E-state index contributed by atoms with van der Waals surface area (Å²) in [6.07, 6.45) is 0. The van der Waals surface area contributed by atoms with Crippen LogP contribution in [0, 0.1) is 0 Å². The molecule has 0 unspecified atom stereocenters. The van der Waals surface area contributed by atoms with E-state index in [4.69, 9.17) is 5.73 Å². The second kappa shape index (κ2) is 3.12. The molecule has 1 fully saturated rings. The lowest BCUT2D eigenvalue weighted by Crippen LogP contribution is -2.46. The Balaban J connectivity index is 2.33. The minimum absolute atomic E-state index is 0.406. The van der Waals surface area contributed by atoms with E-state index < -0.39 is 17.2 Å². The van der Waals surface area contributed by atoms with Crippen molar-refractivity contribution in [1.29, 1.82) is 0 Å². The highest BCUT2D eigenvalue weighted by Gasteiger charge is 2.20. The van der Waals surface area contributed by atoms with Crippen LogP contribution in [0.4, 0.5) is 4.79 Å². The smallest absolute Gasteiger partial charge is 0.315 e. The molecule has 0 atom stereocenters. The van der Waals surface area contributed by atoms with Gasteiger partial charge in [-0.1, -0.05) is 11.2 Å². The molecule has 0 aromatic carbocycles. The molecule has 1 aliphatic heterocycles. The van der Waals surface area contributed by atoms with E-state index in [1.54, 1.807) is 0 Å². The van der Waals surface area contributed by atoms with Crippen molar-refractivity contribution in [2.24, 2.45) is 5.73 Å². The van der Waals surface area contributed by atoms with E-state index in [2.05, 4.69) is 0 Å². The number of urea groups is 1. The van der Waals surface area contributed by atoms with Crippen LogP contribution in [0.1, 0.15) is 0 Å². The molecular weight excluding hydrogens is 152 g/mol. The van der Waals surface area contributed by atoms with Crippen molar-refractivity contribution >= 4 is 17.2 Å². The van der Waals surface area contributed by atoms with Crippen LogP contribution in [-0.4, -0.2) is 40.1 Å². The van der Waals surface area contributed by atoms with Crippen molar-refractivity contribution in [1.82, 2.24) is 4.90 Å². The molecule has 2 amide bonds. The van der Waals surface area contributed by atoms with Crippen LogP contribution >= 0.6 is 0 Å². The minimum Gasteiger partial charge on any atom is -0.616 e. The molecular formula is C5H10N2O2S. The SMILES string of the molecule is NC(=O)N1CC[S+]([O-])CC1. The van der Waals surface area contributed by atoms with E-state index in [9.17, 15) is 9.35 Å². The molecule has 1 saturated heterocycles. The maximum absolute atomic E-state index is 10.8. The monoisotopic (exact) mass is 162 g/mol. The van der Waals surface area contributed by atoms with E-state index in [-0.39, 0.29) is 0 Å². The molecule has 1 rings (SSSR count). The predicted molar refractivity (Wildman–Crippen MR) is 39.0 cm³/mol. The molecule has 58 valence electrons. The minimum atomic E-state index is -0.727. The van der Waals surface area contributed by atoms with Gasteiger partial charge in [-0.05, 0) is 0 Å². The van der Waals surface area contributed by atoms with E-state index in [0.717, 1.165) is 0 Å². The topological polar surface area (TPSA) is 69.4 Å². The molecule has 0 saturated carbocycles. The summed E-state index contributed by atoms with van der Waals surface area (Å²) in [5, 5.41) is 0. The van der Waals surface area contributed by atoms with Crippen molar-refractivity contribution < 1.29 is 9.35 Å². The number of nitrogens with two attached hydrogens (primary N) is 1. The zero-order valence-electron chi connectivity index (χ0n) is 5.58. The molecule has 1 aliphatic rings. The highest BCUT2D eigenvalue weighted by atomic mass is 32.2. The number of amides is 2. The van der Waals surface area contributed by atoms with E-state index >= 15 is 0 Å². The van der Waals surface area contributed by atoms with Gasteiger partial charge in [-0.3, -0.25) is 0 Å². The number of hydrogen-bond donors (Lipinski definition) is 1. The van der Waals surface area contributed by atoms with Gasteiger partial charge in [-0.2, -0.15) is 0 Å². The summed E-state index contributed by atoms with van der Waals surface area (Å²) in [7, 11) is 0. The molecule has 0 aromatic heterocycles. The summed E-state index contributed by atoms with van der Waals surface area (Å²) in [6.45, 7) is 1.09. The fourth-order valence-corrected chi connectivity index (χ4v) is 1.91. The van der Waals surface area contributed by atoms with E-state index in [1.165, 1.54) is 4.90 Å². The molecule has 0 spiro atoms. The van der Waals surface area contributed by atoms with Crippen molar-refractivity contribution in [2.75, 3.05) is 24.6 Å². The van der Waals surface area contributed by atoms with Crippen LogP contribution in [0.25, 0.3) is 0 Å². The lowest BCUT2D eigenvalue weighted by atomic mass is 10.5. The first-order valence-electron chi connectivity index (χ1n) is 3.09. The van der Waals surface area contributed by atoms with Gasteiger partial charge in [-0.15, -0.1) is 0 Å². The second-order valence-corrected chi connectivity index (χ2v) is 3.87. The van der Waals surface area contributed by atoms with Crippen molar-refractivity contribution in [3.63, 3.8) is 0 Å². The molecule has 1 heterocycles. The highest BCUT2D eigenvalue weighted by molar-refractivity contribution is 7.91. The normalized spacial score (nSPS) is 21.1. The Bertz CT molecular complexity index is 134. The highest BCUT2D eigenvalue weighted by Crippen LogP contribution is 2.02. The molecule has 0 aromatic rings. The largest absolute Gasteiger partial charge is 0.616 e. The van der Waals surface area contributed by atoms with Gasteiger partial charge in [0.15, 0.2) is 0 Å². The summed E-state index contributed by atoms with van der Waals surface area (Å²) >= 11 is -0.727. The average Bonchev–Trinajstić information content (AvgIpc) is 1.88. The van der Waals surface area contributed by atoms with Crippen molar-refractivity contribution in [3.8, 4) is 0 Å². The van der Waals surface area contributed by atoms with Gasteiger partial charge in [0.05, 0.1) is 13.1 Å². The third-order valence-corrected chi connectivity index (χ3v) is 2.77. The molecule has 2 N–H and O–H groups in total. The zero-order chi connectivity index (χ0) is 7.56. The number of hydrogen-bond acceptors (Lipinski definition) is 2. The third kappa shape index (κ3) is 1.78. The fourth-order valence-electron chi connectivity index (χ4n) is 0.858. The Hall–Kier alpha value is -0.420. The van der Waals surface area contributed by atoms with Crippen LogP contribution in [0.2, 0.25) is 0 Å². The van der Waals surface area contributed by atoms with Gasteiger partial charge >= 0.3 is 6.03 Å². The number of rotatable bonds is 0. The summed E-state index contributed by atoms with van der Waals surface area (Å²) in [4.78, 5) is 12.0. The van der Waals surface area contributed by atoms with Crippen LogP contribution in [0.3, 0.4) is 0 Å². The quantitative estimate of drug-likeness (QED) is 0.470. The van der Waals surface area contributed by atoms with Crippen LogP contribution in [-0.2, 0) is 11.2 Å². The standard InChI is InChI=1S/C5H10N2O2S/c6-5(8)7-1-3-10(9)4-2-7/h1-4H2,(H2,6,8). The van der Waals surface area contributed by atoms with Crippen molar-refractivity contribution in [3.05, 3.63) is 0 Å².